The van der Waals surface area contributed by atoms with Crippen LogP contribution in [0, 0.1) is 6.92 Å². The van der Waals surface area contributed by atoms with Crippen molar-refractivity contribution in [2.45, 2.75) is 19.8 Å². The quantitative estimate of drug-likeness (QED) is 0.785. The Morgan fingerprint density at radius 3 is 2.20 bits per heavy atom. The molecular formula is C16H22N2O2. The van der Waals surface area contributed by atoms with E-state index >= 15 is 0 Å². The van der Waals surface area contributed by atoms with Gasteiger partial charge in [-0.1, -0.05) is 29.8 Å². The Morgan fingerprint density at radius 2 is 1.60 bits per heavy atom. The van der Waals surface area contributed by atoms with Crippen LogP contribution in [0.15, 0.2) is 24.3 Å². The molecule has 0 N–H and O–H groups in total. The number of benzene rings is 1. The van der Waals surface area contributed by atoms with Crippen molar-refractivity contribution in [1.82, 2.24) is 9.80 Å². The van der Waals surface area contributed by atoms with Crippen molar-refractivity contribution >= 4 is 11.7 Å². The topological polar surface area (TPSA) is 40.6 Å². The van der Waals surface area contributed by atoms with Gasteiger partial charge in [0.2, 0.25) is 5.91 Å². The highest BCUT2D eigenvalue weighted by atomic mass is 16.2. The maximum absolute atomic E-state index is 12.0. The molecule has 0 saturated carbocycles. The number of likely N-dealkylation sites (N-methyl/N-ethyl adjacent to an activating group) is 1. The van der Waals surface area contributed by atoms with E-state index in [1.54, 1.807) is 0 Å². The number of amides is 1. The third-order valence-electron chi connectivity index (χ3n) is 3.80. The molecule has 2 rings (SSSR count). The van der Waals surface area contributed by atoms with E-state index in [0.717, 1.165) is 31.7 Å². The van der Waals surface area contributed by atoms with Gasteiger partial charge in [-0.25, -0.2) is 0 Å². The molecule has 1 aliphatic rings. The van der Waals surface area contributed by atoms with Gasteiger partial charge in [-0.3, -0.25) is 9.59 Å². The minimum atomic E-state index is 0.0486. The molecule has 1 aromatic carbocycles. The molecule has 0 aromatic heterocycles. The number of piperazine rings is 1. The van der Waals surface area contributed by atoms with Gasteiger partial charge in [0.15, 0.2) is 5.78 Å². The van der Waals surface area contributed by atoms with Gasteiger partial charge in [-0.2, -0.15) is 0 Å². The maximum Gasteiger partial charge on any atom is 0.223 e. The summed E-state index contributed by atoms with van der Waals surface area (Å²) in [5.41, 5.74) is 1.83. The smallest absolute Gasteiger partial charge is 0.223 e. The number of carbonyl (C=O) groups is 2. The molecule has 1 amide bonds. The predicted octanol–water partition coefficient (Wildman–Crippen LogP) is 1.73. The van der Waals surface area contributed by atoms with E-state index in [0.29, 0.717) is 18.4 Å². The molecule has 20 heavy (non-hydrogen) atoms. The molecule has 1 aromatic rings. The maximum atomic E-state index is 12.0. The fourth-order valence-corrected chi connectivity index (χ4v) is 2.32. The van der Waals surface area contributed by atoms with E-state index in [1.165, 1.54) is 0 Å². The Bertz CT molecular complexity index is 474. The normalized spacial score (nSPS) is 16.2. The molecule has 0 aliphatic carbocycles. The number of aryl methyl sites for hydroxylation is 1. The van der Waals surface area contributed by atoms with E-state index < -0.39 is 0 Å². The summed E-state index contributed by atoms with van der Waals surface area (Å²) in [6, 6.07) is 7.51. The minimum absolute atomic E-state index is 0.0486. The summed E-state index contributed by atoms with van der Waals surface area (Å²) in [7, 11) is 2.06. The van der Waals surface area contributed by atoms with Crippen molar-refractivity contribution in [1.29, 1.82) is 0 Å². The molecule has 0 radical (unpaired) electrons. The summed E-state index contributed by atoms with van der Waals surface area (Å²) in [6.07, 6.45) is 0.616. The van der Waals surface area contributed by atoms with Crippen molar-refractivity contribution in [2.75, 3.05) is 33.2 Å². The first-order valence-corrected chi connectivity index (χ1v) is 7.12. The highest BCUT2D eigenvalue weighted by Crippen LogP contribution is 2.09. The molecule has 1 saturated heterocycles. The van der Waals surface area contributed by atoms with Crippen LogP contribution in [0.5, 0.6) is 0 Å². The fraction of sp³-hybridized carbons (Fsp3) is 0.500. The lowest BCUT2D eigenvalue weighted by Crippen LogP contribution is -2.47. The first kappa shape index (κ1) is 14.7. The van der Waals surface area contributed by atoms with Gasteiger partial charge in [0, 0.05) is 44.6 Å². The number of hydrogen-bond acceptors (Lipinski definition) is 3. The average Bonchev–Trinajstić information content (AvgIpc) is 2.46. The monoisotopic (exact) mass is 274 g/mol. The minimum Gasteiger partial charge on any atom is -0.340 e. The van der Waals surface area contributed by atoms with Gasteiger partial charge >= 0.3 is 0 Å². The molecule has 0 bridgehead atoms. The van der Waals surface area contributed by atoms with E-state index in [4.69, 9.17) is 0 Å². The molecule has 1 heterocycles. The second-order valence-electron chi connectivity index (χ2n) is 5.47. The van der Waals surface area contributed by atoms with Crippen molar-refractivity contribution < 1.29 is 9.59 Å². The molecule has 0 unspecified atom stereocenters. The van der Waals surface area contributed by atoms with Gasteiger partial charge in [-0.15, -0.1) is 0 Å². The standard InChI is InChI=1S/C16H22N2O2/c1-13-3-5-14(6-4-13)15(19)7-8-16(20)18-11-9-17(2)10-12-18/h3-6H,7-12H2,1-2H3. The van der Waals surface area contributed by atoms with Crippen LogP contribution in [0.4, 0.5) is 0 Å². The van der Waals surface area contributed by atoms with Crippen LogP contribution >= 0.6 is 0 Å². The summed E-state index contributed by atoms with van der Waals surface area (Å²) in [6.45, 7) is 5.36. The van der Waals surface area contributed by atoms with Crippen LogP contribution in [0.3, 0.4) is 0 Å². The number of rotatable bonds is 4. The van der Waals surface area contributed by atoms with E-state index in [1.807, 2.05) is 36.1 Å². The Balaban J connectivity index is 1.81. The number of carbonyl (C=O) groups excluding carboxylic acids is 2. The van der Waals surface area contributed by atoms with Crippen molar-refractivity contribution in [2.24, 2.45) is 0 Å². The molecule has 0 spiro atoms. The highest BCUT2D eigenvalue weighted by molar-refractivity contribution is 5.97. The van der Waals surface area contributed by atoms with Crippen LogP contribution in [0.2, 0.25) is 0 Å². The van der Waals surface area contributed by atoms with E-state index in [9.17, 15) is 9.59 Å². The Morgan fingerprint density at radius 1 is 1.00 bits per heavy atom. The summed E-state index contributed by atoms with van der Waals surface area (Å²) < 4.78 is 0. The largest absolute Gasteiger partial charge is 0.340 e. The van der Waals surface area contributed by atoms with Gasteiger partial charge in [0.1, 0.15) is 0 Å². The predicted molar refractivity (Wildman–Crippen MR) is 78.8 cm³/mol. The lowest BCUT2D eigenvalue weighted by Gasteiger charge is -2.32. The number of hydrogen-bond donors (Lipinski definition) is 0. The summed E-state index contributed by atoms with van der Waals surface area (Å²) in [5, 5.41) is 0. The molecule has 0 atom stereocenters. The highest BCUT2D eigenvalue weighted by Gasteiger charge is 2.19. The Labute approximate surface area is 120 Å². The molecule has 4 heteroatoms. The van der Waals surface area contributed by atoms with Crippen LogP contribution in [-0.4, -0.2) is 54.7 Å². The first-order valence-electron chi connectivity index (χ1n) is 7.12. The van der Waals surface area contributed by atoms with Crippen LogP contribution in [0.25, 0.3) is 0 Å². The fourth-order valence-electron chi connectivity index (χ4n) is 2.32. The van der Waals surface area contributed by atoms with Crippen molar-refractivity contribution in [3.05, 3.63) is 35.4 Å². The van der Waals surface area contributed by atoms with Crippen LogP contribution in [0.1, 0.15) is 28.8 Å². The van der Waals surface area contributed by atoms with Crippen LogP contribution < -0.4 is 0 Å². The lowest BCUT2D eigenvalue weighted by atomic mass is 10.0. The third-order valence-corrected chi connectivity index (χ3v) is 3.80. The third kappa shape index (κ3) is 3.90. The van der Waals surface area contributed by atoms with Crippen molar-refractivity contribution in [3.63, 3.8) is 0 Å². The molecule has 4 nitrogen and oxygen atoms in total. The lowest BCUT2D eigenvalue weighted by molar-refractivity contribution is -0.132. The Hall–Kier alpha value is -1.68. The Kier molecular flexibility index (Phi) is 4.90. The second-order valence-corrected chi connectivity index (χ2v) is 5.47. The summed E-state index contributed by atoms with van der Waals surface area (Å²) >= 11 is 0. The van der Waals surface area contributed by atoms with Crippen molar-refractivity contribution in [3.8, 4) is 0 Å². The zero-order valence-electron chi connectivity index (χ0n) is 12.3. The summed E-state index contributed by atoms with van der Waals surface area (Å²) in [4.78, 5) is 28.1. The van der Waals surface area contributed by atoms with E-state index in [-0.39, 0.29) is 11.7 Å². The second kappa shape index (κ2) is 6.66. The van der Waals surface area contributed by atoms with Gasteiger partial charge in [0.25, 0.3) is 0 Å². The zero-order chi connectivity index (χ0) is 14.5. The van der Waals surface area contributed by atoms with Gasteiger partial charge in [0.05, 0.1) is 0 Å². The molecule has 1 fully saturated rings. The van der Waals surface area contributed by atoms with E-state index in [2.05, 4.69) is 11.9 Å². The average molecular weight is 274 g/mol. The molecule has 108 valence electrons. The molecule has 1 aliphatic heterocycles. The van der Waals surface area contributed by atoms with Gasteiger partial charge < -0.3 is 9.80 Å². The number of Topliss-reactive ketones (excluding diaryl/α,β-unsaturated/α-hetero) is 1. The SMILES string of the molecule is Cc1ccc(C(=O)CCC(=O)N2CCN(C)CC2)cc1. The zero-order valence-corrected chi connectivity index (χ0v) is 12.3. The van der Waals surface area contributed by atoms with Gasteiger partial charge in [-0.05, 0) is 14.0 Å². The number of ketones is 1. The summed E-state index contributed by atoms with van der Waals surface area (Å²) in [5.74, 6) is 0.144. The molecular weight excluding hydrogens is 252 g/mol. The first-order chi connectivity index (χ1) is 9.56. The number of nitrogens with zero attached hydrogens (tertiary/aromatic N) is 2. The van der Waals surface area contributed by atoms with Crippen LogP contribution in [-0.2, 0) is 4.79 Å².